The van der Waals surface area contributed by atoms with Crippen molar-refractivity contribution in [2.45, 2.75) is 13.8 Å². The highest BCUT2D eigenvalue weighted by atomic mass is 16.5. The lowest BCUT2D eigenvalue weighted by Crippen LogP contribution is -2.15. The Bertz CT molecular complexity index is 3490. The molecule has 0 aromatic heterocycles. The first-order valence-corrected chi connectivity index (χ1v) is 23.0. The number of hydrogen-bond donors (Lipinski definition) is 6. The Kier molecular flexibility index (Phi) is 14.1. The summed E-state index contributed by atoms with van der Waals surface area (Å²) in [7, 11) is 2.93. The van der Waals surface area contributed by atoms with E-state index in [1.807, 2.05) is 12.1 Å². The molecule has 6 N–H and O–H groups in total. The van der Waals surface area contributed by atoms with Gasteiger partial charge >= 0.3 is 0 Å². The van der Waals surface area contributed by atoms with Crippen molar-refractivity contribution in [2.75, 3.05) is 35.5 Å². The molecule has 0 saturated heterocycles. The first-order chi connectivity index (χ1) is 35.8. The lowest BCUT2D eigenvalue weighted by atomic mass is 10.0. The summed E-state index contributed by atoms with van der Waals surface area (Å²) in [6.07, 6.45) is 0. The van der Waals surface area contributed by atoms with Crippen LogP contribution in [0.2, 0.25) is 0 Å². The molecule has 9 aromatic rings. The highest BCUT2D eigenvalue weighted by Gasteiger charge is 2.23. The van der Waals surface area contributed by atoms with Gasteiger partial charge < -0.3 is 41.0 Å². The fraction of sp³-hybridized carbons (Fsp3) is 0.0690. The van der Waals surface area contributed by atoms with Crippen molar-refractivity contribution in [1.82, 2.24) is 0 Å². The fourth-order valence-electron chi connectivity index (χ4n) is 8.09. The molecule has 16 nitrogen and oxygen atoms in total. The number of nitrogens with one attached hydrogen (secondary N) is 4. The van der Waals surface area contributed by atoms with E-state index in [1.165, 1.54) is 26.4 Å². The van der Waals surface area contributed by atoms with Crippen LogP contribution in [-0.4, -0.2) is 48.1 Å². The number of ether oxygens (including phenoxy) is 2. The van der Waals surface area contributed by atoms with Gasteiger partial charge in [-0.2, -0.15) is 10.2 Å². The summed E-state index contributed by atoms with van der Waals surface area (Å²) in [5.41, 5.74) is 4.05. The molecule has 0 unspecified atom stereocenters. The number of nitrogens with zero attached hydrogens (tertiary/aromatic N) is 4. The number of amides is 4. The van der Waals surface area contributed by atoms with Crippen LogP contribution in [0, 0.1) is 13.8 Å². The maximum absolute atomic E-state index is 14.1. The third-order valence-corrected chi connectivity index (χ3v) is 11.9. The summed E-state index contributed by atoms with van der Waals surface area (Å²) in [4.78, 5) is 54.6. The van der Waals surface area contributed by atoms with Crippen LogP contribution in [0.5, 0.6) is 23.0 Å². The second-order valence-corrected chi connectivity index (χ2v) is 17.0. The predicted octanol–water partition coefficient (Wildman–Crippen LogP) is 13.9. The van der Waals surface area contributed by atoms with Gasteiger partial charge in [0.1, 0.15) is 22.9 Å². The van der Waals surface area contributed by atoms with Crippen LogP contribution in [0.3, 0.4) is 0 Å². The molecule has 0 aliphatic heterocycles. The van der Waals surface area contributed by atoms with Crippen LogP contribution in [0.25, 0.3) is 21.5 Å². The quantitative estimate of drug-likeness (QED) is 0.0573. The molecule has 0 atom stereocenters. The van der Waals surface area contributed by atoms with Crippen molar-refractivity contribution >= 4 is 90.7 Å². The molecule has 0 saturated carbocycles. The molecule has 9 aromatic carbocycles. The lowest BCUT2D eigenvalue weighted by Gasteiger charge is -2.16. The summed E-state index contributed by atoms with van der Waals surface area (Å²) in [5, 5.41) is 54.7. The Morgan fingerprint density at radius 2 is 0.797 bits per heavy atom. The van der Waals surface area contributed by atoms with Gasteiger partial charge in [-0.3, -0.25) is 19.2 Å². The molecule has 0 aliphatic rings. The Morgan fingerprint density at radius 1 is 0.419 bits per heavy atom. The Hall–Kier alpha value is -10.2. The van der Waals surface area contributed by atoms with E-state index >= 15 is 0 Å². The number of benzene rings is 9. The lowest BCUT2D eigenvalue weighted by molar-refractivity contribution is 0.101. The maximum atomic E-state index is 14.1. The van der Waals surface area contributed by atoms with Gasteiger partial charge in [0, 0.05) is 56.8 Å². The largest absolute Gasteiger partial charge is 0.505 e. The van der Waals surface area contributed by atoms with Crippen molar-refractivity contribution in [1.29, 1.82) is 0 Å². The van der Waals surface area contributed by atoms with E-state index in [2.05, 4.69) is 41.7 Å². The van der Waals surface area contributed by atoms with E-state index in [1.54, 1.807) is 159 Å². The van der Waals surface area contributed by atoms with Gasteiger partial charge in [0.05, 0.1) is 36.7 Å². The van der Waals surface area contributed by atoms with Crippen molar-refractivity contribution in [3.63, 3.8) is 0 Å². The third-order valence-electron chi connectivity index (χ3n) is 11.9. The molecule has 4 amide bonds. The molecule has 9 rings (SSSR count). The van der Waals surface area contributed by atoms with Crippen LogP contribution in [0.1, 0.15) is 52.6 Å². The highest BCUT2D eigenvalue weighted by Crippen LogP contribution is 2.42. The predicted molar refractivity (Wildman–Crippen MR) is 286 cm³/mol. The molecule has 366 valence electrons. The van der Waals surface area contributed by atoms with Crippen molar-refractivity contribution in [2.24, 2.45) is 20.5 Å². The summed E-state index contributed by atoms with van der Waals surface area (Å²) < 4.78 is 10.9. The number of fused-ring (bicyclic) bond motifs is 2. The average molecular weight is 983 g/mol. The van der Waals surface area contributed by atoms with Crippen LogP contribution in [-0.2, 0) is 0 Å². The number of para-hydroxylation sites is 2. The minimum atomic E-state index is -0.645. The zero-order chi connectivity index (χ0) is 51.9. The van der Waals surface area contributed by atoms with Gasteiger partial charge in [-0.1, -0.05) is 84.9 Å². The van der Waals surface area contributed by atoms with E-state index in [0.29, 0.717) is 66.9 Å². The second kappa shape index (κ2) is 21.4. The maximum Gasteiger partial charge on any atom is 0.259 e. The van der Waals surface area contributed by atoms with Gasteiger partial charge in [-0.15, -0.1) is 10.2 Å². The molecular weight excluding hydrogens is 937 g/mol. The van der Waals surface area contributed by atoms with Gasteiger partial charge in [-0.25, -0.2) is 0 Å². The third kappa shape index (κ3) is 10.7. The molecule has 16 heteroatoms. The summed E-state index contributed by atoms with van der Waals surface area (Å²) in [6.45, 7) is 3.49. The van der Waals surface area contributed by atoms with E-state index in [9.17, 15) is 29.4 Å². The van der Waals surface area contributed by atoms with Crippen molar-refractivity contribution in [3.05, 3.63) is 203 Å². The van der Waals surface area contributed by atoms with E-state index < -0.39 is 35.1 Å². The van der Waals surface area contributed by atoms with Crippen LogP contribution >= 0.6 is 0 Å². The van der Waals surface area contributed by atoms with Crippen molar-refractivity contribution in [3.8, 4) is 23.0 Å². The molecule has 0 radical (unpaired) electrons. The van der Waals surface area contributed by atoms with Gasteiger partial charge in [0.2, 0.25) is 0 Å². The number of aryl methyl sites for hydroxylation is 2. The van der Waals surface area contributed by atoms with Crippen LogP contribution in [0.4, 0.5) is 45.5 Å². The molecular formula is C58H46N8O8. The van der Waals surface area contributed by atoms with Crippen molar-refractivity contribution < 1.29 is 38.9 Å². The number of azo groups is 2. The molecule has 0 heterocycles. The zero-order valence-electron chi connectivity index (χ0n) is 40.3. The number of phenols is 2. The molecule has 0 spiro atoms. The molecule has 74 heavy (non-hydrogen) atoms. The molecule has 0 aliphatic carbocycles. The monoisotopic (exact) mass is 982 g/mol. The number of anilines is 4. The summed E-state index contributed by atoms with van der Waals surface area (Å²) in [5.74, 6) is -2.23. The number of methoxy groups -OCH3 is 2. The van der Waals surface area contributed by atoms with E-state index in [0.717, 1.165) is 0 Å². The molecule has 0 bridgehead atoms. The van der Waals surface area contributed by atoms with Crippen LogP contribution in [0.15, 0.2) is 190 Å². The number of hydrogen-bond acceptors (Lipinski definition) is 12. The van der Waals surface area contributed by atoms with Gasteiger partial charge in [-0.05, 0) is 109 Å². The van der Waals surface area contributed by atoms with Crippen LogP contribution < -0.4 is 30.7 Å². The first kappa shape index (κ1) is 48.8. The molecule has 0 fully saturated rings. The Morgan fingerprint density at radius 3 is 1.19 bits per heavy atom. The smallest absolute Gasteiger partial charge is 0.259 e. The topological polar surface area (TPSA) is 225 Å². The Labute approximate surface area is 424 Å². The number of phenolic OH excluding ortho intramolecular Hbond substituents is 2. The zero-order valence-corrected chi connectivity index (χ0v) is 40.3. The summed E-state index contributed by atoms with van der Waals surface area (Å²) in [6, 6.07) is 47.9. The van der Waals surface area contributed by atoms with E-state index in [4.69, 9.17) is 9.47 Å². The fourth-order valence-corrected chi connectivity index (χ4v) is 8.09. The second-order valence-electron chi connectivity index (χ2n) is 17.0. The number of carbonyl (C=O) groups excluding carboxylic acids is 4. The van der Waals surface area contributed by atoms with Gasteiger partial charge in [0.15, 0.2) is 11.5 Å². The number of carbonyl (C=O) groups is 4. The SMILES string of the molecule is COc1cc(N=Nc2c(O)c(C(=O)Nc3cc(C)c(NC(=O)c4cc5ccccc5c(N=Nc5cc(OC)cc(C(=O)Nc6ccccc6)c5)c4O)cc3C)cc3ccccc23)cc(C(=O)Nc2ccccc2)c1. The highest BCUT2D eigenvalue weighted by molar-refractivity contribution is 6.14. The normalized spacial score (nSPS) is 11.2. The first-order valence-electron chi connectivity index (χ1n) is 23.0. The minimum absolute atomic E-state index is 0.0249. The summed E-state index contributed by atoms with van der Waals surface area (Å²) >= 11 is 0. The minimum Gasteiger partial charge on any atom is -0.505 e. The Balaban J connectivity index is 0.954. The number of rotatable bonds is 14. The van der Waals surface area contributed by atoms with Gasteiger partial charge in [0.25, 0.3) is 23.6 Å². The standard InChI is InChI=1S/C58H46N8O8/c1-33-23-50(62-58(72)48-30-36-16-12-14-22-46(36)52(54(48)68)66-64-42-26-38(28-44(32-42)74-4)56(70)60-40-19-9-6-10-20-40)34(2)24-49(33)61-57(71)47-29-35-15-11-13-21-45(35)51(53(47)67)65-63-41-25-37(27-43(31-41)73-3)55(69)59-39-17-7-5-8-18-39/h5-32,67-68H,1-4H3,(H,59,69)(H,60,70)(H,61,71)(H,62,72). The number of aromatic hydroxyl groups is 2. The van der Waals surface area contributed by atoms with E-state index in [-0.39, 0.29) is 45.0 Å². The average Bonchev–Trinajstić information content (AvgIpc) is 3.41.